The second-order valence-electron chi connectivity index (χ2n) is 3.27. The van der Waals surface area contributed by atoms with Gasteiger partial charge in [0, 0.05) is 6.07 Å². The molecule has 2 rings (SSSR count). The van der Waals surface area contributed by atoms with Gasteiger partial charge in [-0.2, -0.15) is 0 Å². The Morgan fingerprint density at radius 1 is 1.60 bits per heavy atom. The number of pyridine rings is 1. The topological polar surface area (TPSA) is 82.3 Å². The number of nitro groups is 1. The Balaban J connectivity index is 2.34. The summed E-state index contributed by atoms with van der Waals surface area (Å²) in [6.45, 7) is 0. The Bertz CT molecular complexity index is 415. The summed E-state index contributed by atoms with van der Waals surface area (Å²) >= 11 is 0. The number of carbonyl (C=O) groups excluding carboxylic acids is 1. The third-order valence-corrected chi connectivity index (χ3v) is 2.00. The number of aldehydes is 1. The van der Waals surface area contributed by atoms with Gasteiger partial charge in [-0.25, -0.2) is 4.98 Å². The fraction of sp³-hybridized carbons (Fsp3) is 0.333. The summed E-state index contributed by atoms with van der Waals surface area (Å²) < 4.78 is 5.32. The van der Waals surface area contributed by atoms with E-state index >= 15 is 0 Å². The van der Waals surface area contributed by atoms with Crippen LogP contribution >= 0.6 is 0 Å². The number of aromatic nitrogens is 1. The zero-order valence-electron chi connectivity index (χ0n) is 7.75. The number of nitrogens with zero attached hydrogens (tertiary/aromatic N) is 2. The van der Waals surface area contributed by atoms with Crippen molar-refractivity contribution in [3.8, 4) is 5.75 Å². The van der Waals surface area contributed by atoms with Gasteiger partial charge in [0.1, 0.15) is 11.9 Å². The lowest BCUT2D eigenvalue weighted by Crippen LogP contribution is -2.02. The highest BCUT2D eigenvalue weighted by Crippen LogP contribution is 2.32. The van der Waals surface area contributed by atoms with Crippen molar-refractivity contribution in [1.82, 2.24) is 4.98 Å². The Labute approximate surface area is 85.0 Å². The summed E-state index contributed by atoms with van der Waals surface area (Å²) in [7, 11) is 0. The van der Waals surface area contributed by atoms with Crippen molar-refractivity contribution in [2.24, 2.45) is 0 Å². The second kappa shape index (κ2) is 3.64. The predicted octanol–water partition coefficient (Wildman–Crippen LogP) is 1.34. The van der Waals surface area contributed by atoms with Crippen LogP contribution in [0.4, 0.5) is 5.69 Å². The Morgan fingerprint density at radius 3 is 2.87 bits per heavy atom. The second-order valence-corrected chi connectivity index (χ2v) is 3.27. The van der Waals surface area contributed by atoms with E-state index < -0.39 is 4.92 Å². The van der Waals surface area contributed by atoms with Crippen LogP contribution in [0, 0.1) is 10.1 Å². The van der Waals surface area contributed by atoms with Crippen LogP contribution in [0.1, 0.15) is 23.3 Å². The van der Waals surface area contributed by atoms with E-state index in [2.05, 4.69) is 4.98 Å². The lowest BCUT2D eigenvalue weighted by Gasteiger charge is -2.04. The lowest BCUT2D eigenvalue weighted by molar-refractivity contribution is -0.386. The molecule has 6 nitrogen and oxygen atoms in total. The third kappa shape index (κ3) is 2.09. The average molecular weight is 208 g/mol. The molecule has 0 amide bonds. The molecular weight excluding hydrogens is 200 g/mol. The Morgan fingerprint density at radius 2 is 2.33 bits per heavy atom. The van der Waals surface area contributed by atoms with Gasteiger partial charge < -0.3 is 4.74 Å². The van der Waals surface area contributed by atoms with E-state index in [0.29, 0.717) is 6.29 Å². The van der Waals surface area contributed by atoms with Gasteiger partial charge in [-0.05, 0) is 12.8 Å². The molecule has 1 aliphatic carbocycles. The van der Waals surface area contributed by atoms with Gasteiger partial charge in [0.2, 0.25) is 5.75 Å². The molecular formula is C9H8N2O4. The molecule has 1 aliphatic rings. The van der Waals surface area contributed by atoms with Crippen molar-refractivity contribution >= 4 is 12.0 Å². The lowest BCUT2D eigenvalue weighted by atomic mass is 10.3. The number of hydrogen-bond donors (Lipinski definition) is 0. The summed E-state index contributed by atoms with van der Waals surface area (Å²) in [5, 5.41) is 10.6. The fourth-order valence-electron chi connectivity index (χ4n) is 1.11. The molecule has 0 saturated heterocycles. The number of carbonyl (C=O) groups is 1. The van der Waals surface area contributed by atoms with Gasteiger partial charge in [0.15, 0.2) is 6.29 Å². The van der Waals surface area contributed by atoms with Crippen molar-refractivity contribution in [2.75, 3.05) is 0 Å². The molecule has 0 bridgehead atoms. The normalized spacial score (nSPS) is 14.7. The Kier molecular flexibility index (Phi) is 2.32. The monoisotopic (exact) mass is 208 g/mol. The minimum absolute atomic E-state index is 0.0469. The van der Waals surface area contributed by atoms with Crippen molar-refractivity contribution in [3.05, 3.63) is 28.1 Å². The minimum Gasteiger partial charge on any atom is -0.483 e. The first kappa shape index (κ1) is 9.57. The van der Waals surface area contributed by atoms with Gasteiger partial charge in [-0.1, -0.05) is 0 Å². The van der Waals surface area contributed by atoms with Crippen LogP contribution in [0.15, 0.2) is 12.3 Å². The number of ether oxygens (including phenoxy) is 1. The smallest absolute Gasteiger partial charge is 0.329 e. The highest BCUT2D eigenvalue weighted by Gasteiger charge is 2.27. The van der Waals surface area contributed by atoms with Gasteiger partial charge in [0.25, 0.3) is 0 Å². The zero-order chi connectivity index (χ0) is 10.8. The molecule has 1 aromatic rings. The van der Waals surface area contributed by atoms with E-state index in [0.717, 1.165) is 19.0 Å². The first-order valence-electron chi connectivity index (χ1n) is 4.47. The molecule has 78 valence electrons. The van der Waals surface area contributed by atoms with Crippen LogP contribution in [0.3, 0.4) is 0 Å². The van der Waals surface area contributed by atoms with E-state index in [1.54, 1.807) is 0 Å². The number of hydrogen-bond acceptors (Lipinski definition) is 5. The van der Waals surface area contributed by atoms with Crippen LogP contribution < -0.4 is 4.74 Å². The predicted molar refractivity (Wildman–Crippen MR) is 49.9 cm³/mol. The first-order valence-corrected chi connectivity index (χ1v) is 4.47. The number of rotatable bonds is 4. The van der Waals surface area contributed by atoms with E-state index in [-0.39, 0.29) is 23.2 Å². The van der Waals surface area contributed by atoms with Gasteiger partial charge in [-0.15, -0.1) is 0 Å². The SMILES string of the molecule is O=Cc1cc(OC2CC2)c([N+](=O)[O-])cn1. The molecule has 0 aromatic carbocycles. The molecule has 0 spiro atoms. The van der Waals surface area contributed by atoms with Crippen molar-refractivity contribution in [1.29, 1.82) is 0 Å². The van der Waals surface area contributed by atoms with Crippen LogP contribution in [0.5, 0.6) is 5.75 Å². The van der Waals surface area contributed by atoms with Crippen LogP contribution in [-0.4, -0.2) is 22.3 Å². The average Bonchev–Trinajstić information content (AvgIpc) is 3.01. The van der Waals surface area contributed by atoms with Crippen molar-refractivity contribution < 1.29 is 14.5 Å². The van der Waals surface area contributed by atoms with Gasteiger partial charge in [0.05, 0.1) is 11.0 Å². The highest BCUT2D eigenvalue weighted by atomic mass is 16.6. The van der Waals surface area contributed by atoms with Crippen LogP contribution in [0.2, 0.25) is 0 Å². The molecule has 0 N–H and O–H groups in total. The summed E-state index contributed by atoms with van der Waals surface area (Å²) in [6, 6.07) is 1.30. The molecule has 1 saturated carbocycles. The van der Waals surface area contributed by atoms with Gasteiger partial charge in [-0.3, -0.25) is 14.9 Å². The van der Waals surface area contributed by atoms with E-state index in [9.17, 15) is 14.9 Å². The summed E-state index contributed by atoms with van der Waals surface area (Å²) in [5.74, 6) is 0.125. The maximum atomic E-state index is 10.6. The quantitative estimate of drug-likeness (QED) is 0.423. The molecule has 1 fully saturated rings. The van der Waals surface area contributed by atoms with Crippen LogP contribution in [-0.2, 0) is 0 Å². The molecule has 1 heterocycles. The third-order valence-electron chi connectivity index (χ3n) is 2.00. The molecule has 15 heavy (non-hydrogen) atoms. The molecule has 0 atom stereocenters. The minimum atomic E-state index is -0.570. The summed E-state index contributed by atoms with van der Waals surface area (Å²) in [5.41, 5.74) is -0.0660. The first-order chi connectivity index (χ1) is 7.20. The molecule has 1 aromatic heterocycles. The largest absolute Gasteiger partial charge is 0.483 e. The molecule has 0 radical (unpaired) electrons. The van der Waals surface area contributed by atoms with E-state index in [1.165, 1.54) is 6.07 Å². The molecule has 6 heteroatoms. The summed E-state index contributed by atoms with van der Waals surface area (Å²) in [4.78, 5) is 24.1. The van der Waals surface area contributed by atoms with Crippen molar-refractivity contribution in [3.63, 3.8) is 0 Å². The molecule has 0 unspecified atom stereocenters. The van der Waals surface area contributed by atoms with Crippen molar-refractivity contribution in [2.45, 2.75) is 18.9 Å². The summed E-state index contributed by atoms with van der Waals surface area (Å²) in [6.07, 6.45) is 3.42. The maximum Gasteiger partial charge on any atom is 0.329 e. The van der Waals surface area contributed by atoms with Gasteiger partial charge >= 0.3 is 5.69 Å². The standard InChI is InChI=1S/C9H8N2O4/c12-5-6-3-9(15-7-1-2-7)8(4-10-6)11(13)14/h3-5,7H,1-2H2. The molecule has 0 aliphatic heterocycles. The Hall–Kier alpha value is -1.98. The van der Waals surface area contributed by atoms with Crippen LogP contribution in [0.25, 0.3) is 0 Å². The van der Waals surface area contributed by atoms with E-state index in [1.807, 2.05) is 0 Å². The highest BCUT2D eigenvalue weighted by molar-refractivity contribution is 5.73. The maximum absolute atomic E-state index is 10.6. The zero-order valence-corrected chi connectivity index (χ0v) is 7.75. The van der Waals surface area contributed by atoms with E-state index in [4.69, 9.17) is 4.74 Å². The fourth-order valence-corrected chi connectivity index (χ4v) is 1.11.